The Morgan fingerprint density at radius 3 is 2.36 bits per heavy atom. The summed E-state index contributed by atoms with van der Waals surface area (Å²) in [4.78, 5) is 0. The quantitative estimate of drug-likeness (QED) is 0.482. The van der Waals surface area contributed by atoms with Crippen LogP contribution < -0.4 is 4.74 Å². The fourth-order valence-electron chi connectivity index (χ4n) is 2.89. The first-order valence-corrected chi connectivity index (χ1v) is 7.89. The van der Waals surface area contributed by atoms with Crippen LogP contribution in [0.25, 0.3) is 0 Å². The maximum Gasteiger partial charge on any atom is 0.204 e. The predicted molar refractivity (Wildman–Crippen MR) is 88.1 cm³/mol. The average Bonchev–Trinajstić information content (AvgIpc) is 2.57. The summed E-state index contributed by atoms with van der Waals surface area (Å²) in [5.41, 5.74) is 1.91. The number of nitrogens with zero attached hydrogens (tertiary/aromatic N) is 1. The van der Waals surface area contributed by atoms with Crippen LogP contribution in [0.15, 0.2) is 60.7 Å². The van der Waals surface area contributed by atoms with E-state index in [4.69, 9.17) is 4.74 Å². The van der Waals surface area contributed by atoms with Crippen molar-refractivity contribution in [2.75, 3.05) is 0 Å². The molecule has 1 aliphatic carbocycles. The second-order valence-corrected chi connectivity index (χ2v) is 5.68. The third-order valence-electron chi connectivity index (χ3n) is 4.03. The van der Waals surface area contributed by atoms with Gasteiger partial charge in [0.05, 0.1) is 0 Å². The van der Waals surface area contributed by atoms with Crippen LogP contribution in [0.2, 0.25) is 0 Å². The Morgan fingerprint density at radius 2 is 1.64 bits per heavy atom. The molecule has 3 heteroatoms. The highest BCUT2D eigenvalue weighted by Crippen LogP contribution is 2.22. The molecule has 3 rings (SSSR count). The van der Waals surface area contributed by atoms with Crippen LogP contribution >= 0.6 is 0 Å². The van der Waals surface area contributed by atoms with Gasteiger partial charge in [-0.1, -0.05) is 48.5 Å². The smallest absolute Gasteiger partial charge is 0.204 e. The normalized spacial score (nSPS) is 20.5. The molecule has 3 nitrogen and oxygen atoms in total. The molecule has 2 aromatic carbocycles. The van der Waals surface area contributed by atoms with E-state index in [0.29, 0.717) is 6.54 Å². The van der Waals surface area contributed by atoms with Crippen molar-refractivity contribution in [2.24, 2.45) is 0 Å². The highest BCUT2D eigenvalue weighted by molar-refractivity contribution is 5.85. The van der Waals surface area contributed by atoms with Crippen LogP contribution in [0.4, 0.5) is 0 Å². The second-order valence-electron chi connectivity index (χ2n) is 5.68. The zero-order valence-electron chi connectivity index (χ0n) is 12.7. The molecule has 1 saturated carbocycles. The molecule has 0 spiro atoms. The van der Waals surface area contributed by atoms with Gasteiger partial charge in [0, 0.05) is 12.0 Å². The van der Waals surface area contributed by atoms with E-state index >= 15 is 0 Å². The van der Waals surface area contributed by atoms with Crippen molar-refractivity contribution in [3.8, 4) is 5.75 Å². The summed E-state index contributed by atoms with van der Waals surface area (Å²) in [7, 11) is 0. The van der Waals surface area contributed by atoms with Gasteiger partial charge in [-0.2, -0.15) is 0 Å². The van der Waals surface area contributed by atoms with Gasteiger partial charge in [-0.15, -0.1) is 0 Å². The molecular weight excluding hydrogens is 274 g/mol. The Morgan fingerprint density at radius 1 is 0.955 bits per heavy atom. The standard InChI is InChI=1S/C19H21NO2/c21-20(15-16-9-3-1-4-10-16)18-13-7-8-14-19(18)22-17-11-5-2-6-12-17/h1-6,9-12,19H,7-8,13-15H2/b20-18-. The fraction of sp³-hybridized carbons (Fsp3) is 0.316. The molecule has 0 aliphatic heterocycles. The monoisotopic (exact) mass is 295 g/mol. The molecule has 0 radical (unpaired) electrons. The number of rotatable bonds is 4. The summed E-state index contributed by atoms with van der Waals surface area (Å²) >= 11 is 0. The van der Waals surface area contributed by atoms with Crippen molar-refractivity contribution >= 4 is 5.71 Å². The van der Waals surface area contributed by atoms with Gasteiger partial charge in [0.15, 0.2) is 12.6 Å². The summed E-state index contributed by atoms with van der Waals surface area (Å²) in [6.07, 6.45) is 3.82. The Labute approximate surface area is 131 Å². The van der Waals surface area contributed by atoms with Gasteiger partial charge in [-0.25, -0.2) is 4.74 Å². The third-order valence-corrected chi connectivity index (χ3v) is 4.03. The minimum Gasteiger partial charge on any atom is -0.623 e. The lowest BCUT2D eigenvalue weighted by Gasteiger charge is -2.25. The van der Waals surface area contributed by atoms with Gasteiger partial charge in [0.25, 0.3) is 0 Å². The lowest BCUT2D eigenvalue weighted by molar-refractivity contribution is -0.479. The SMILES string of the molecule is [O-]/[N+](Cc1ccccc1)=C1/CCCCC1Oc1ccccc1. The molecule has 0 bridgehead atoms. The summed E-state index contributed by atoms with van der Waals surface area (Å²) in [6, 6.07) is 19.6. The molecule has 1 aliphatic rings. The number of hydrogen-bond acceptors (Lipinski definition) is 2. The van der Waals surface area contributed by atoms with Crippen LogP contribution in [0.1, 0.15) is 31.2 Å². The highest BCUT2D eigenvalue weighted by atomic mass is 16.5. The second kappa shape index (κ2) is 7.12. The van der Waals surface area contributed by atoms with Gasteiger partial charge in [0.1, 0.15) is 5.75 Å². The fourth-order valence-corrected chi connectivity index (χ4v) is 2.89. The van der Waals surface area contributed by atoms with E-state index in [1.165, 1.54) is 0 Å². The lowest BCUT2D eigenvalue weighted by atomic mass is 9.95. The molecule has 0 N–H and O–H groups in total. The first kappa shape index (κ1) is 14.6. The Bertz CT molecular complexity index is 622. The zero-order valence-corrected chi connectivity index (χ0v) is 12.7. The van der Waals surface area contributed by atoms with Crippen LogP contribution in [-0.2, 0) is 6.54 Å². The predicted octanol–water partition coefficient (Wildman–Crippen LogP) is 4.16. The molecule has 22 heavy (non-hydrogen) atoms. The number of hydrogen-bond donors (Lipinski definition) is 0. The van der Waals surface area contributed by atoms with Crippen LogP contribution in [0.5, 0.6) is 5.75 Å². The van der Waals surface area contributed by atoms with Crippen LogP contribution in [0.3, 0.4) is 0 Å². The van der Waals surface area contributed by atoms with E-state index in [1.807, 2.05) is 60.7 Å². The molecular formula is C19H21NO2. The maximum atomic E-state index is 12.6. The van der Waals surface area contributed by atoms with E-state index in [1.54, 1.807) is 0 Å². The van der Waals surface area contributed by atoms with Crippen molar-refractivity contribution in [1.82, 2.24) is 0 Å². The minimum absolute atomic E-state index is 0.0997. The molecule has 2 aromatic rings. The Balaban J connectivity index is 1.77. The van der Waals surface area contributed by atoms with E-state index < -0.39 is 0 Å². The summed E-state index contributed by atoms with van der Waals surface area (Å²) in [6.45, 7) is 0.394. The van der Waals surface area contributed by atoms with Gasteiger partial charge in [0.2, 0.25) is 5.71 Å². The topological polar surface area (TPSA) is 35.3 Å². The van der Waals surface area contributed by atoms with Crippen molar-refractivity contribution in [3.05, 3.63) is 71.4 Å². The number of ether oxygens (including phenoxy) is 1. The molecule has 0 aromatic heterocycles. The first-order chi connectivity index (χ1) is 10.8. The number of para-hydroxylation sites is 1. The van der Waals surface area contributed by atoms with E-state index in [0.717, 1.165) is 47.4 Å². The molecule has 1 fully saturated rings. The lowest BCUT2D eigenvalue weighted by Crippen LogP contribution is -2.36. The van der Waals surface area contributed by atoms with E-state index in [9.17, 15) is 5.21 Å². The van der Waals surface area contributed by atoms with E-state index in [2.05, 4.69) is 0 Å². The van der Waals surface area contributed by atoms with Crippen molar-refractivity contribution < 1.29 is 9.48 Å². The number of hydroxylamine groups is 1. The molecule has 114 valence electrons. The molecule has 1 atom stereocenters. The minimum atomic E-state index is -0.0997. The van der Waals surface area contributed by atoms with Crippen molar-refractivity contribution in [3.63, 3.8) is 0 Å². The zero-order chi connectivity index (χ0) is 15.2. The Kier molecular flexibility index (Phi) is 4.74. The molecule has 0 amide bonds. The maximum absolute atomic E-state index is 12.6. The van der Waals surface area contributed by atoms with Crippen molar-refractivity contribution in [2.45, 2.75) is 38.3 Å². The molecule has 0 saturated heterocycles. The third kappa shape index (κ3) is 3.67. The largest absolute Gasteiger partial charge is 0.623 e. The molecule has 0 heterocycles. The van der Waals surface area contributed by atoms with Gasteiger partial charge < -0.3 is 9.94 Å². The summed E-state index contributed by atoms with van der Waals surface area (Å²) in [5, 5.41) is 12.6. The number of benzene rings is 2. The van der Waals surface area contributed by atoms with Gasteiger partial charge in [-0.3, -0.25) is 0 Å². The van der Waals surface area contributed by atoms with Gasteiger partial charge in [-0.05, 0) is 31.4 Å². The van der Waals surface area contributed by atoms with E-state index in [-0.39, 0.29) is 6.10 Å². The van der Waals surface area contributed by atoms with Crippen LogP contribution in [-0.4, -0.2) is 16.6 Å². The Hall–Kier alpha value is -2.29. The highest BCUT2D eigenvalue weighted by Gasteiger charge is 2.28. The first-order valence-electron chi connectivity index (χ1n) is 7.89. The van der Waals surface area contributed by atoms with Gasteiger partial charge >= 0.3 is 0 Å². The van der Waals surface area contributed by atoms with Crippen molar-refractivity contribution in [1.29, 1.82) is 0 Å². The average molecular weight is 295 g/mol. The summed E-state index contributed by atoms with van der Waals surface area (Å²) in [5.74, 6) is 0.833. The summed E-state index contributed by atoms with van der Waals surface area (Å²) < 4.78 is 7.18. The van der Waals surface area contributed by atoms with Crippen LogP contribution in [0, 0.1) is 5.21 Å². The molecule has 1 unspecified atom stereocenters.